The van der Waals surface area contributed by atoms with E-state index in [0.717, 1.165) is 18.5 Å². The van der Waals surface area contributed by atoms with Crippen molar-refractivity contribution in [3.8, 4) is 0 Å². The predicted molar refractivity (Wildman–Crippen MR) is 71.8 cm³/mol. The molecule has 1 aliphatic rings. The number of ether oxygens (including phenoxy) is 1. The number of benzene rings is 1. The summed E-state index contributed by atoms with van der Waals surface area (Å²) in [5.41, 5.74) is 1.84. The molecule has 0 amide bonds. The van der Waals surface area contributed by atoms with E-state index < -0.39 is 19.0 Å². The van der Waals surface area contributed by atoms with Gasteiger partial charge in [-0.1, -0.05) is 24.3 Å². The molecule has 118 valence electrons. The first-order chi connectivity index (χ1) is 9.97. The topological polar surface area (TPSA) is 21.3 Å². The van der Waals surface area contributed by atoms with Crippen LogP contribution in [0.15, 0.2) is 24.3 Å². The molecule has 0 atom stereocenters. The second-order valence-corrected chi connectivity index (χ2v) is 5.35. The van der Waals surface area contributed by atoms with Crippen LogP contribution in [-0.2, 0) is 17.8 Å². The first kappa shape index (κ1) is 16.2. The summed E-state index contributed by atoms with van der Waals surface area (Å²) in [6.07, 6.45) is -0.293. The average molecular weight is 305 g/mol. The van der Waals surface area contributed by atoms with Gasteiger partial charge in [0, 0.05) is 6.04 Å². The van der Waals surface area contributed by atoms with Gasteiger partial charge < -0.3 is 10.1 Å². The van der Waals surface area contributed by atoms with Crippen LogP contribution in [0.1, 0.15) is 24.0 Å². The number of hydrogen-bond acceptors (Lipinski definition) is 2. The lowest BCUT2D eigenvalue weighted by molar-refractivity contribution is -0.168. The highest BCUT2D eigenvalue weighted by atomic mass is 19.3. The van der Waals surface area contributed by atoms with Gasteiger partial charge in [-0.3, -0.25) is 0 Å². The number of rotatable bonds is 9. The van der Waals surface area contributed by atoms with E-state index in [0.29, 0.717) is 11.6 Å². The molecule has 0 aliphatic heterocycles. The second kappa shape index (κ2) is 7.22. The molecule has 6 heteroatoms. The molecule has 0 saturated heterocycles. The van der Waals surface area contributed by atoms with E-state index in [1.54, 1.807) is 12.1 Å². The minimum absolute atomic E-state index is 0.0943. The SMILES string of the molecule is FC(F)C(F)(F)COCc1ccc(CCNC2CC2)cc1. The van der Waals surface area contributed by atoms with E-state index in [1.807, 2.05) is 12.1 Å². The molecule has 1 aliphatic carbocycles. The summed E-state index contributed by atoms with van der Waals surface area (Å²) in [7, 11) is 0. The van der Waals surface area contributed by atoms with Crippen LogP contribution in [0.4, 0.5) is 17.6 Å². The van der Waals surface area contributed by atoms with Gasteiger partial charge in [0.15, 0.2) is 0 Å². The summed E-state index contributed by atoms with van der Waals surface area (Å²) in [5, 5.41) is 3.40. The Hall–Kier alpha value is -1.14. The maximum Gasteiger partial charge on any atom is 0.330 e. The Bertz CT molecular complexity index is 432. The van der Waals surface area contributed by atoms with Gasteiger partial charge >= 0.3 is 12.3 Å². The van der Waals surface area contributed by atoms with Crippen molar-refractivity contribution in [3.63, 3.8) is 0 Å². The molecule has 0 unspecified atom stereocenters. The van der Waals surface area contributed by atoms with Gasteiger partial charge in [-0.25, -0.2) is 8.78 Å². The van der Waals surface area contributed by atoms with Crippen LogP contribution < -0.4 is 5.32 Å². The van der Waals surface area contributed by atoms with E-state index in [1.165, 1.54) is 12.8 Å². The van der Waals surface area contributed by atoms with E-state index in [9.17, 15) is 17.6 Å². The lowest BCUT2D eigenvalue weighted by Gasteiger charge is -2.15. The predicted octanol–water partition coefficient (Wildman–Crippen LogP) is 3.40. The fraction of sp³-hybridized carbons (Fsp3) is 0.600. The van der Waals surface area contributed by atoms with Crippen molar-refractivity contribution in [2.24, 2.45) is 0 Å². The second-order valence-electron chi connectivity index (χ2n) is 5.35. The molecular formula is C15H19F4NO. The third kappa shape index (κ3) is 5.63. The molecule has 1 aromatic carbocycles. The van der Waals surface area contributed by atoms with Crippen molar-refractivity contribution in [1.82, 2.24) is 5.32 Å². The van der Waals surface area contributed by atoms with E-state index in [4.69, 9.17) is 0 Å². The molecule has 0 bridgehead atoms. The summed E-state index contributed by atoms with van der Waals surface area (Å²) >= 11 is 0. The minimum Gasteiger partial charge on any atom is -0.370 e. The van der Waals surface area contributed by atoms with Crippen LogP contribution in [0.25, 0.3) is 0 Å². The average Bonchev–Trinajstić information content (AvgIpc) is 3.24. The lowest BCUT2D eigenvalue weighted by Crippen LogP contribution is -2.32. The third-order valence-corrected chi connectivity index (χ3v) is 3.33. The van der Waals surface area contributed by atoms with E-state index in [-0.39, 0.29) is 6.61 Å². The molecule has 0 spiro atoms. The summed E-state index contributed by atoms with van der Waals surface area (Å²) in [4.78, 5) is 0. The monoisotopic (exact) mass is 305 g/mol. The Morgan fingerprint density at radius 2 is 1.76 bits per heavy atom. The van der Waals surface area contributed by atoms with Crippen molar-refractivity contribution in [1.29, 1.82) is 0 Å². The Morgan fingerprint density at radius 3 is 2.33 bits per heavy atom. The van der Waals surface area contributed by atoms with Gasteiger partial charge in [0.25, 0.3) is 0 Å². The first-order valence-electron chi connectivity index (χ1n) is 7.02. The molecule has 1 aromatic rings. The van der Waals surface area contributed by atoms with Crippen LogP contribution >= 0.6 is 0 Å². The summed E-state index contributed by atoms with van der Waals surface area (Å²) in [5.74, 6) is -4.09. The van der Waals surface area contributed by atoms with Gasteiger partial charge in [0.05, 0.1) is 6.61 Å². The zero-order valence-electron chi connectivity index (χ0n) is 11.6. The maximum atomic E-state index is 12.6. The quantitative estimate of drug-likeness (QED) is 0.706. The highest BCUT2D eigenvalue weighted by Gasteiger charge is 2.40. The largest absolute Gasteiger partial charge is 0.370 e. The lowest BCUT2D eigenvalue weighted by atomic mass is 10.1. The highest BCUT2D eigenvalue weighted by Crippen LogP contribution is 2.23. The fourth-order valence-corrected chi connectivity index (χ4v) is 1.88. The number of halogens is 4. The molecule has 2 rings (SSSR count). The standard InChI is InChI=1S/C15H19F4NO/c16-14(17)15(18,19)10-21-9-12-3-1-11(2-4-12)7-8-20-13-5-6-13/h1-4,13-14,20H,5-10H2. The van der Waals surface area contributed by atoms with Crippen LogP contribution in [0.3, 0.4) is 0 Å². The van der Waals surface area contributed by atoms with E-state index >= 15 is 0 Å². The third-order valence-electron chi connectivity index (χ3n) is 3.33. The van der Waals surface area contributed by atoms with Crippen molar-refractivity contribution in [3.05, 3.63) is 35.4 Å². The zero-order chi connectivity index (χ0) is 15.3. The molecule has 0 radical (unpaired) electrons. The van der Waals surface area contributed by atoms with Gasteiger partial charge in [0.2, 0.25) is 0 Å². The van der Waals surface area contributed by atoms with Crippen molar-refractivity contribution < 1.29 is 22.3 Å². The molecule has 1 N–H and O–H groups in total. The Morgan fingerprint density at radius 1 is 1.14 bits per heavy atom. The van der Waals surface area contributed by atoms with Crippen LogP contribution in [0, 0.1) is 0 Å². The molecule has 1 fully saturated rings. The van der Waals surface area contributed by atoms with Gasteiger partial charge in [0.1, 0.15) is 6.61 Å². The van der Waals surface area contributed by atoms with Crippen molar-refractivity contribution in [2.75, 3.05) is 13.2 Å². The van der Waals surface area contributed by atoms with Crippen LogP contribution in [0.2, 0.25) is 0 Å². The summed E-state index contributed by atoms with van der Waals surface area (Å²) in [6, 6.07) is 8.02. The van der Waals surface area contributed by atoms with Gasteiger partial charge in [-0.15, -0.1) is 0 Å². The van der Waals surface area contributed by atoms with E-state index in [2.05, 4.69) is 10.1 Å². The van der Waals surface area contributed by atoms with Crippen LogP contribution in [-0.4, -0.2) is 31.5 Å². The van der Waals surface area contributed by atoms with Crippen molar-refractivity contribution in [2.45, 2.75) is 44.3 Å². The molecular weight excluding hydrogens is 286 g/mol. The maximum absolute atomic E-state index is 12.6. The number of hydrogen-bond donors (Lipinski definition) is 1. The van der Waals surface area contributed by atoms with Crippen molar-refractivity contribution >= 4 is 0 Å². The Balaban J connectivity index is 1.69. The normalized spacial score (nSPS) is 15.7. The molecule has 0 heterocycles. The highest BCUT2D eigenvalue weighted by molar-refractivity contribution is 5.22. The summed E-state index contributed by atoms with van der Waals surface area (Å²) < 4.78 is 53.8. The molecule has 1 saturated carbocycles. The zero-order valence-corrected chi connectivity index (χ0v) is 11.6. The Labute approximate surface area is 121 Å². The Kier molecular flexibility index (Phi) is 5.58. The van der Waals surface area contributed by atoms with Gasteiger partial charge in [-0.05, 0) is 36.9 Å². The fourth-order valence-electron chi connectivity index (χ4n) is 1.88. The molecule has 21 heavy (non-hydrogen) atoms. The minimum atomic E-state index is -4.09. The number of alkyl halides is 4. The molecule has 0 aromatic heterocycles. The van der Waals surface area contributed by atoms with Gasteiger partial charge in [-0.2, -0.15) is 8.78 Å². The summed E-state index contributed by atoms with van der Waals surface area (Å²) in [6.45, 7) is -0.443. The van der Waals surface area contributed by atoms with Crippen LogP contribution in [0.5, 0.6) is 0 Å². The molecule has 2 nitrogen and oxygen atoms in total. The smallest absolute Gasteiger partial charge is 0.330 e. The first-order valence-corrected chi connectivity index (χ1v) is 7.02. The number of nitrogens with one attached hydrogen (secondary N) is 1.